The van der Waals surface area contributed by atoms with Crippen LogP contribution < -0.4 is 5.32 Å². The number of amides is 1. The fourth-order valence-electron chi connectivity index (χ4n) is 1.25. The zero-order chi connectivity index (χ0) is 11.5. The molecule has 0 atom stereocenters. The SMILES string of the molecule is C=CC(=O)NCc1ncoc1C(C)(C)C. The standard InChI is InChI=1S/C11H16N2O2/c1-5-9(14)12-6-8-10(11(2,3)4)15-7-13-8/h5,7H,1,6H2,2-4H3,(H,12,14). The van der Waals surface area contributed by atoms with E-state index in [2.05, 4.69) is 16.9 Å². The predicted molar refractivity (Wildman–Crippen MR) is 57.2 cm³/mol. The van der Waals surface area contributed by atoms with Gasteiger partial charge in [-0.2, -0.15) is 0 Å². The van der Waals surface area contributed by atoms with Crippen LogP contribution in [0.3, 0.4) is 0 Å². The summed E-state index contributed by atoms with van der Waals surface area (Å²) < 4.78 is 5.31. The number of carbonyl (C=O) groups is 1. The van der Waals surface area contributed by atoms with E-state index < -0.39 is 0 Å². The third-order valence-corrected chi connectivity index (χ3v) is 1.94. The van der Waals surface area contributed by atoms with Crippen molar-refractivity contribution in [3.05, 3.63) is 30.5 Å². The zero-order valence-electron chi connectivity index (χ0n) is 9.33. The van der Waals surface area contributed by atoms with Gasteiger partial charge < -0.3 is 9.73 Å². The van der Waals surface area contributed by atoms with Crippen molar-refractivity contribution >= 4 is 5.91 Å². The molecule has 0 aliphatic carbocycles. The average molecular weight is 208 g/mol. The third-order valence-electron chi connectivity index (χ3n) is 1.94. The highest BCUT2D eigenvalue weighted by molar-refractivity contribution is 5.86. The molecule has 1 aromatic rings. The molecule has 0 spiro atoms. The van der Waals surface area contributed by atoms with Crippen molar-refractivity contribution in [1.82, 2.24) is 10.3 Å². The topological polar surface area (TPSA) is 55.1 Å². The monoisotopic (exact) mass is 208 g/mol. The molecule has 1 aromatic heterocycles. The second kappa shape index (κ2) is 4.29. The summed E-state index contributed by atoms with van der Waals surface area (Å²) in [4.78, 5) is 15.1. The quantitative estimate of drug-likeness (QED) is 0.770. The van der Waals surface area contributed by atoms with Crippen molar-refractivity contribution in [2.75, 3.05) is 0 Å². The van der Waals surface area contributed by atoms with Crippen molar-refractivity contribution in [2.24, 2.45) is 0 Å². The van der Waals surface area contributed by atoms with Gasteiger partial charge in [-0.05, 0) is 6.08 Å². The van der Waals surface area contributed by atoms with E-state index in [-0.39, 0.29) is 11.3 Å². The van der Waals surface area contributed by atoms with Crippen LogP contribution in [0.1, 0.15) is 32.2 Å². The van der Waals surface area contributed by atoms with E-state index >= 15 is 0 Å². The Morgan fingerprint density at radius 1 is 1.67 bits per heavy atom. The van der Waals surface area contributed by atoms with Gasteiger partial charge in [-0.3, -0.25) is 4.79 Å². The molecule has 0 unspecified atom stereocenters. The Kier molecular flexibility index (Phi) is 3.29. The van der Waals surface area contributed by atoms with Crippen LogP contribution in [0.5, 0.6) is 0 Å². The lowest BCUT2D eigenvalue weighted by Crippen LogP contribution is -2.23. The fraction of sp³-hybridized carbons (Fsp3) is 0.455. The van der Waals surface area contributed by atoms with E-state index in [0.29, 0.717) is 6.54 Å². The van der Waals surface area contributed by atoms with Crippen molar-refractivity contribution in [3.63, 3.8) is 0 Å². The molecular formula is C11H16N2O2. The highest BCUT2D eigenvalue weighted by Gasteiger charge is 2.22. The van der Waals surface area contributed by atoms with Crippen LogP contribution in [0.2, 0.25) is 0 Å². The lowest BCUT2D eigenvalue weighted by atomic mass is 9.92. The molecule has 4 heteroatoms. The molecule has 0 bridgehead atoms. The normalized spacial score (nSPS) is 11.1. The molecule has 0 aliphatic heterocycles. The predicted octanol–water partition coefficient (Wildman–Crippen LogP) is 1.77. The van der Waals surface area contributed by atoms with E-state index in [1.165, 1.54) is 12.5 Å². The molecular weight excluding hydrogens is 192 g/mol. The first-order valence-corrected chi connectivity index (χ1v) is 4.78. The minimum absolute atomic E-state index is 0.106. The first-order valence-electron chi connectivity index (χ1n) is 4.78. The largest absolute Gasteiger partial charge is 0.448 e. The Labute approximate surface area is 89.4 Å². The number of rotatable bonds is 3. The molecule has 1 N–H and O–H groups in total. The van der Waals surface area contributed by atoms with Crippen molar-refractivity contribution in [3.8, 4) is 0 Å². The van der Waals surface area contributed by atoms with Gasteiger partial charge in [-0.25, -0.2) is 4.98 Å². The van der Waals surface area contributed by atoms with Gasteiger partial charge in [0, 0.05) is 5.41 Å². The van der Waals surface area contributed by atoms with Gasteiger partial charge in [0.25, 0.3) is 0 Å². The van der Waals surface area contributed by atoms with Gasteiger partial charge in [0.2, 0.25) is 5.91 Å². The summed E-state index contributed by atoms with van der Waals surface area (Å²) in [7, 11) is 0. The van der Waals surface area contributed by atoms with Crippen LogP contribution in [0, 0.1) is 0 Å². The van der Waals surface area contributed by atoms with Crippen LogP contribution in [0.25, 0.3) is 0 Å². The Bertz CT molecular complexity index is 361. The maximum Gasteiger partial charge on any atom is 0.243 e. The smallest absolute Gasteiger partial charge is 0.243 e. The van der Waals surface area contributed by atoms with Crippen molar-refractivity contribution in [2.45, 2.75) is 32.7 Å². The molecule has 1 heterocycles. The first kappa shape index (κ1) is 11.5. The summed E-state index contributed by atoms with van der Waals surface area (Å²) in [5, 5.41) is 2.67. The summed E-state index contributed by atoms with van der Waals surface area (Å²) in [6, 6.07) is 0. The molecule has 15 heavy (non-hydrogen) atoms. The highest BCUT2D eigenvalue weighted by atomic mass is 16.3. The Morgan fingerprint density at radius 3 is 2.87 bits per heavy atom. The summed E-state index contributed by atoms with van der Waals surface area (Å²) in [5.74, 6) is 0.588. The van der Waals surface area contributed by atoms with Crippen LogP contribution in [-0.4, -0.2) is 10.9 Å². The maximum absolute atomic E-state index is 11.0. The number of hydrogen-bond acceptors (Lipinski definition) is 3. The van der Waals surface area contributed by atoms with Crippen LogP contribution in [-0.2, 0) is 16.8 Å². The van der Waals surface area contributed by atoms with E-state index in [0.717, 1.165) is 11.5 Å². The second-order valence-corrected chi connectivity index (χ2v) is 4.30. The zero-order valence-corrected chi connectivity index (χ0v) is 9.33. The number of nitrogens with zero attached hydrogens (tertiary/aromatic N) is 1. The summed E-state index contributed by atoms with van der Waals surface area (Å²) in [5.41, 5.74) is 0.655. The van der Waals surface area contributed by atoms with Gasteiger partial charge in [-0.15, -0.1) is 0 Å². The summed E-state index contributed by atoms with van der Waals surface area (Å²) >= 11 is 0. The molecule has 0 aliphatic rings. The number of hydrogen-bond donors (Lipinski definition) is 1. The van der Waals surface area contributed by atoms with E-state index in [1.807, 2.05) is 20.8 Å². The number of carbonyl (C=O) groups excluding carboxylic acids is 1. The Morgan fingerprint density at radius 2 is 2.33 bits per heavy atom. The van der Waals surface area contributed by atoms with Gasteiger partial charge >= 0.3 is 0 Å². The number of oxazole rings is 1. The number of aromatic nitrogens is 1. The summed E-state index contributed by atoms with van der Waals surface area (Å²) in [6.07, 6.45) is 2.63. The molecule has 0 saturated heterocycles. The lowest BCUT2D eigenvalue weighted by molar-refractivity contribution is -0.116. The molecule has 1 rings (SSSR count). The van der Waals surface area contributed by atoms with Crippen molar-refractivity contribution < 1.29 is 9.21 Å². The third kappa shape index (κ3) is 2.94. The van der Waals surface area contributed by atoms with Gasteiger partial charge in [0.1, 0.15) is 11.5 Å². The highest BCUT2D eigenvalue weighted by Crippen LogP contribution is 2.24. The molecule has 0 saturated carbocycles. The summed E-state index contributed by atoms with van der Waals surface area (Å²) in [6.45, 7) is 9.85. The molecule has 0 aromatic carbocycles. The van der Waals surface area contributed by atoms with E-state index in [9.17, 15) is 4.79 Å². The van der Waals surface area contributed by atoms with Gasteiger partial charge in [0.15, 0.2) is 6.39 Å². The lowest BCUT2D eigenvalue weighted by Gasteiger charge is -2.16. The van der Waals surface area contributed by atoms with Crippen LogP contribution >= 0.6 is 0 Å². The molecule has 0 fully saturated rings. The fourth-order valence-corrected chi connectivity index (χ4v) is 1.25. The molecule has 1 amide bonds. The van der Waals surface area contributed by atoms with Gasteiger partial charge in [0.05, 0.1) is 6.54 Å². The van der Waals surface area contributed by atoms with Crippen LogP contribution in [0.4, 0.5) is 0 Å². The molecule has 82 valence electrons. The average Bonchev–Trinajstić information content (AvgIpc) is 2.61. The van der Waals surface area contributed by atoms with E-state index in [4.69, 9.17) is 4.42 Å². The Hall–Kier alpha value is -1.58. The number of nitrogens with one attached hydrogen (secondary N) is 1. The van der Waals surface area contributed by atoms with Crippen LogP contribution in [0.15, 0.2) is 23.5 Å². The van der Waals surface area contributed by atoms with Gasteiger partial charge in [-0.1, -0.05) is 27.4 Å². The minimum Gasteiger partial charge on any atom is -0.448 e. The Balaban J connectivity index is 2.74. The van der Waals surface area contributed by atoms with E-state index in [1.54, 1.807) is 0 Å². The first-order chi connectivity index (χ1) is 6.95. The minimum atomic E-state index is -0.210. The van der Waals surface area contributed by atoms with Crippen molar-refractivity contribution in [1.29, 1.82) is 0 Å². The second-order valence-electron chi connectivity index (χ2n) is 4.30. The molecule has 0 radical (unpaired) electrons. The molecule has 4 nitrogen and oxygen atoms in total. The maximum atomic E-state index is 11.0.